The molecule has 2 aromatic heterocycles. The molecule has 0 aliphatic rings. The summed E-state index contributed by atoms with van der Waals surface area (Å²) in [6, 6.07) is 1.72. The molecule has 7 heteroatoms. The standard InChI is InChI=1S/C4H4ClN3.C4H5N3/c5-4-7-1-3(6)2-8-4;5-4-6-2-1-3-7-4/h1-2H,6H2;1-3H,(H2,5,6,7). The molecule has 0 atom stereocenters. The first-order valence-electron chi connectivity index (χ1n) is 3.94. The monoisotopic (exact) mass is 224 g/mol. The molecule has 0 radical (unpaired) electrons. The SMILES string of the molecule is Nc1cnc(Cl)nc1.Nc1ncccn1. The summed E-state index contributed by atoms with van der Waals surface area (Å²) in [5, 5.41) is 0.221. The molecule has 0 unspecified atom stereocenters. The minimum atomic E-state index is 0.221. The van der Waals surface area contributed by atoms with Crippen LogP contribution in [0.15, 0.2) is 30.9 Å². The Bertz CT molecular complexity index is 369. The lowest BCUT2D eigenvalue weighted by Gasteiger charge is -1.87. The number of halogens is 1. The summed E-state index contributed by atoms with van der Waals surface area (Å²) in [6.45, 7) is 0. The van der Waals surface area contributed by atoms with Gasteiger partial charge >= 0.3 is 0 Å². The molecular weight excluding hydrogens is 216 g/mol. The smallest absolute Gasteiger partial charge is 0.222 e. The Balaban J connectivity index is 0.000000151. The van der Waals surface area contributed by atoms with E-state index in [-0.39, 0.29) is 5.28 Å². The molecule has 2 aromatic rings. The van der Waals surface area contributed by atoms with Gasteiger partial charge in [-0.15, -0.1) is 0 Å². The molecule has 4 N–H and O–H groups in total. The Morgan fingerprint density at radius 2 is 1.47 bits per heavy atom. The maximum Gasteiger partial charge on any atom is 0.222 e. The zero-order valence-corrected chi connectivity index (χ0v) is 8.46. The third-order valence-electron chi connectivity index (χ3n) is 1.23. The van der Waals surface area contributed by atoms with E-state index in [4.69, 9.17) is 23.1 Å². The molecule has 15 heavy (non-hydrogen) atoms. The molecule has 0 aromatic carbocycles. The Morgan fingerprint density at radius 3 is 1.80 bits per heavy atom. The van der Waals surface area contributed by atoms with E-state index < -0.39 is 0 Å². The molecular formula is C8H9ClN6. The van der Waals surface area contributed by atoms with E-state index in [0.717, 1.165) is 0 Å². The topological polar surface area (TPSA) is 104 Å². The van der Waals surface area contributed by atoms with Gasteiger partial charge in [-0.25, -0.2) is 19.9 Å². The molecule has 0 amide bonds. The number of rotatable bonds is 0. The van der Waals surface area contributed by atoms with Gasteiger partial charge in [0.15, 0.2) is 0 Å². The lowest BCUT2D eigenvalue weighted by atomic mass is 10.6. The van der Waals surface area contributed by atoms with E-state index in [2.05, 4.69) is 19.9 Å². The fourth-order valence-corrected chi connectivity index (χ4v) is 0.730. The summed E-state index contributed by atoms with van der Waals surface area (Å²) < 4.78 is 0. The largest absolute Gasteiger partial charge is 0.396 e. The highest BCUT2D eigenvalue weighted by Crippen LogP contribution is 1.99. The summed E-state index contributed by atoms with van der Waals surface area (Å²) in [4.78, 5) is 14.5. The van der Waals surface area contributed by atoms with Crippen LogP contribution in [0.4, 0.5) is 11.6 Å². The zero-order chi connectivity index (χ0) is 11.1. The van der Waals surface area contributed by atoms with Crippen LogP contribution >= 0.6 is 11.6 Å². The molecule has 0 aliphatic carbocycles. The van der Waals surface area contributed by atoms with Crippen molar-refractivity contribution < 1.29 is 0 Å². The molecule has 2 rings (SSSR count). The van der Waals surface area contributed by atoms with Crippen molar-refractivity contribution in [2.24, 2.45) is 0 Å². The molecule has 0 saturated carbocycles. The van der Waals surface area contributed by atoms with Gasteiger partial charge < -0.3 is 11.5 Å². The minimum Gasteiger partial charge on any atom is -0.396 e. The average molecular weight is 225 g/mol. The zero-order valence-electron chi connectivity index (χ0n) is 7.71. The van der Waals surface area contributed by atoms with Gasteiger partial charge in [-0.3, -0.25) is 0 Å². The van der Waals surface area contributed by atoms with Gasteiger partial charge in [-0.1, -0.05) is 0 Å². The molecule has 0 saturated heterocycles. The van der Waals surface area contributed by atoms with E-state index in [1.165, 1.54) is 12.4 Å². The Labute approximate surface area is 91.4 Å². The van der Waals surface area contributed by atoms with E-state index >= 15 is 0 Å². The van der Waals surface area contributed by atoms with Crippen molar-refractivity contribution in [3.8, 4) is 0 Å². The first-order chi connectivity index (χ1) is 7.18. The second kappa shape index (κ2) is 5.71. The summed E-state index contributed by atoms with van der Waals surface area (Å²) in [6.07, 6.45) is 6.11. The van der Waals surface area contributed by atoms with Crippen molar-refractivity contribution in [2.45, 2.75) is 0 Å². The van der Waals surface area contributed by atoms with Gasteiger partial charge in [0.05, 0.1) is 18.1 Å². The summed E-state index contributed by atoms with van der Waals surface area (Å²) in [5.74, 6) is 0.322. The minimum absolute atomic E-state index is 0.221. The normalized spacial score (nSPS) is 8.87. The Morgan fingerprint density at radius 1 is 0.933 bits per heavy atom. The van der Waals surface area contributed by atoms with Gasteiger partial charge in [0.25, 0.3) is 0 Å². The second-order valence-electron chi connectivity index (χ2n) is 2.39. The number of anilines is 2. The number of nitrogen functional groups attached to an aromatic ring is 2. The Hall–Kier alpha value is -1.95. The second-order valence-corrected chi connectivity index (χ2v) is 2.73. The Kier molecular flexibility index (Phi) is 4.24. The van der Waals surface area contributed by atoms with Crippen molar-refractivity contribution in [1.82, 2.24) is 19.9 Å². The fourth-order valence-electron chi connectivity index (χ4n) is 0.633. The highest BCUT2D eigenvalue weighted by molar-refractivity contribution is 6.28. The van der Waals surface area contributed by atoms with Crippen molar-refractivity contribution in [3.63, 3.8) is 0 Å². The van der Waals surface area contributed by atoms with E-state index in [1.54, 1.807) is 18.5 Å². The lowest BCUT2D eigenvalue weighted by Crippen LogP contribution is -1.90. The number of nitrogens with zero attached hydrogens (tertiary/aromatic N) is 4. The van der Waals surface area contributed by atoms with Crippen LogP contribution < -0.4 is 11.5 Å². The van der Waals surface area contributed by atoms with Crippen molar-refractivity contribution in [1.29, 1.82) is 0 Å². The molecule has 0 aliphatic heterocycles. The maximum absolute atomic E-state index is 5.33. The molecule has 6 nitrogen and oxygen atoms in total. The third-order valence-corrected chi connectivity index (χ3v) is 1.42. The predicted molar refractivity (Wildman–Crippen MR) is 57.9 cm³/mol. The quantitative estimate of drug-likeness (QED) is 0.641. The number of aromatic nitrogens is 4. The van der Waals surface area contributed by atoms with Crippen LogP contribution in [0.2, 0.25) is 5.28 Å². The van der Waals surface area contributed by atoms with Gasteiger partial charge in [0, 0.05) is 12.4 Å². The third kappa shape index (κ3) is 4.72. The first kappa shape index (κ1) is 11.1. The summed E-state index contributed by atoms with van der Waals surface area (Å²) in [7, 11) is 0. The highest BCUT2D eigenvalue weighted by Gasteiger charge is 1.85. The van der Waals surface area contributed by atoms with Gasteiger partial charge in [-0.2, -0.15) is 0 Å². The van der Waals surface area contributed by atoms with Gasteiger partial charge in [-0.05, 0) is 17.7 Å². The van der Waals surface area contributed by atoms with Crippen molar-refractivity contribution >= 4 is 23.2 Å². The molecule has 0 spiro atoms. The number of hydrogen-bond donors (Lipinski definition) is 2. The first-order valence-corrected chi connectivity index (χ1v) is 4.32. The van der Waals surface area contributed by atoms with Gasteiger partial charge in [0.2, 0.25) is 11.2 Å². The van der Waals surface area contributed by atoms with Gasteiger partial charge in [0.1, 0.15) is 0 Å². The van der Waals surface area contributed by atoms with Crippen LogP contribution in [0, 0.1) is 0 Å². The van der Waals surface area contributed by atoms with E-state index in [1.807, 2.05) is 0 Å². The van der Waals surface area contributed by atoms with Crippen molar-refractivity contribution in [3.05, 3.63) is 36.1 Å². The van der Waals surface area contributed by atoms with Crippen molar-refractivity contribution in [2.75, 3.05) is 11.5 Å². The molecule has 0 bridgehead atoms. The van der Waals surface area contributed by atoms with Crippen LogP contribution in [0.5, 0.6) is 0 Å². The maximum atomic E-state index is 5.33. The lowest BCUT2D eigenvalue weighted by molar-refractivity contribution is 1.17. The van der Waals surface area contributed by atoms with Crippen LogP contribution in [0.25, 0.3) is 0 Å². The summed E-state index contributed by atoms with van der Waals surface area (Å²) in [5.41, 5.74) is 10.9. The van der Waals surface area contributed by atoms with Crippen LogP contribution in [-0.4, -0.2) is 19.9 Å². The van der Waals surface area contributed by atoms with E-state index in [9.17, 15) is 0 Å². The average Bonchev–Trinajstić information content (AvgIpc) is 2.25. The highest BCUT2D eigenvalue weighted by atomic mass is 35.5. The number of nitrogens with two attached hydrogens (primary N) is 2. The van der Waals surface area contributed by atoms with Crippen LogP contribution in [0.1, 0.15) is 0 Å². The molecule has 2 heterocycles. The molecule has 78 valence electrons. The molecule has 0 fully saturated rings. The van der Waals surface area contributed by atoms with Crippen LogP contribution in [-0.2, 0) is 0 Å². The number of hydrogen-bond acceptors (Lipinski definition) is 6. The van der Waals surface area contributed by atoms with Crippen LogP contribution in [0.3, 0.4) is 0 Å². The van der Waals surface area contributed by atoms with E-state index in [0.29, 0.717) is 11.6 Å². The predicted octanol–water partition coefficient (Wildman–Crippen LogP) is 0.771. The summed E-state index contributed by atoms with van der Waals surface area (Å²) >= 11 is 5.33. The fraction of sp³-hybridized carbons (Fsp3) is 0.